The standard InChI is InChI=1S/C28H33N3O3/c1-19-10-8-9-15-30(19)28(33)25-21-12-4-5-13-22(21)27(32)31(16-17-34-3)26(25)23-18-29(2)24-14-7-6-11-20(23)24/h4-7,11-14,18-19,25-26H,8-10,15-17H2,1-3H3/t19-,25+,26+/m1/s1. The molecule has 0 aliphatic carbocycles. The van der Waals surface area contributed by atoms with Gasteiger partial charge in [0.15, 0.2) is 0 Å². The number of methoxy groups -OCH3 is 1. The Kier molecular flexibility index (Phi) is 6.17. The fourth-order valence-corrected chi connectivity index (χ4v) is 5.85. The highest BCUT2D eigenvalue weighted by Crippen LogP contribution is 2.46. The van der Waals surface area contributed by atoms with Crippen LogP contribution in [0.3, 0.4) is 0 Å². The number of carbonyl (C=O) groups is 2. The van der Waals surface area contributed by atoms with E-state index in [1.54, 1.807) is 7.11 Å². The normalized spacial score (nSPS) is 22.8. The molecule has 2 aromatic carbocycles. The highest BCUT2D eigenvalue weighted by molar-refractivity contribution is 6.02. The number of hydrogen-bond donors (Lipinski definition) is 0. The molecule has 6 heteroatoms. The fourth-order valence-electron chi connectivity index (χ4n) is 5.85. The number of likely N-dealkylation sites (tertiary alicyclic amines) is 1. The average molecular weight is 460 g/mol. The van der Waals surface area contributed by atoms with Crippen LogP contribution in [-0.4, -0.2) is 59.0 Å². The molecule has 2 aliphatic rings. The molecule has 178 valence electrons. The zero-order valence-corrected chi connectivity index (χ0v) is 20.2. The predicted octanol–water partition coefficient (Wildman–Crippen LogP) is 4.51. The minimum Gasteiger partial charge on any atom is -0.383 e. The van der Waals surface area contributed by atoms with Crippen molar-refractivity contribution in [3.63, 3.8) is 0 Å². The van der Waals surface area contributed by atoms with Crippen LogP contribution in [0.15, 0.2) is 54.7 Å². The smallest absolute Gasteiger partial charge is 0.254 e. The van der Waals surface area contributed by atoms with E-state index in [-0.39, 0.29) is 17.9 Å². The molecule has 0 radical (unpaired) electrons. The second-order valence-electron chi connectivity index (χ2n) is 9.59. The lowest BCUT2D eigenvalue weighted by Crippen LogP contribution is -2.51. The van der Waals surface area contributed by atoms with Crippen LogP contribution < -0.4 is 0 Å². The van der Waals surface area contributed by atoms with E-state index in [9.17, 15) is 9.59 Å². The third kappa shape index (κ3) is 3.70. The second-order valence-corrected chi connectivity index (χ2v) is 9.59. The van der Waals surface area contributed by atoms with Gasteiger partial charge in [-0.05, 0) is 43.9 Å². The number of aromatic nitrogens is 1. The van der Waals surface area contributed by atoms with Crippen LogP contribution >= 0.6 is 0 Å². The quantitative estimate of drug-likeness (QED) is 0.564. The van der Waals surface area contributed by atoms with E-state index in [1.807, 2.05) is 53.2 Å². The maximum absolute atomic E-state index is 14.3. The van der Waals surface area contributed by atoms with E-state index in [1.165, 1.54) is 0 Å². The Morgan fingerprint density at radius 3 is 2.62 bits per heavy atom. The van der Waals surface area contributed by atoms with E-state index in [2.05, 4.69) is 29.8 Å². The molecule has 34 heavy (non-hydrogen) atoms. The van der Waals surface area contributed by atoms with E-state index in [0.717, 1.165) is 47.8 Å². The van der Waals surface area contributed by atoms with E-state index in [4.69, 9.17) is 4.74 Å². The van der Waals surface area contributed by atoms with Gasteiger partial charge < -0.3 is 19.1 Å². The number of amides is 2. The summed E-state index contributed by atoms with van der Waals surface area (Å²) in [5, 5.41) is 1.08. The second kappa shape index (κ2) is 9.26. The van der Waals surface area contributed by atoms with Crippen LogP contribution in [0.4, 0.5) is 0 Å². The maximum atomic E-state index is 14.3. The molecular weight excluding hydrogens is 426 g/mol. The predicted molar refractivity (Wildman–Crippen MR) is 133 cm³/mol. The van der Waals surface area contributed by atoms with Gasteiger partial charge in [0.05, 0.1) is 18.6 Å². The number of nitrogens with zero attached hydrogens (tertiary/aromatic N) is 3. The summed E-state index contributed by atoms with van der Waals surface area (Å²) < 4.78 is 7.48. The van der Waals surface area contributed by atoms with E-state index in [0.29, 0.717) is 18.7 Å². The van der Waals surface area contributed by atoms with Crippen molar-refractivity contribution in [1.82, 2.24) is 14.4 Å². The summed E-state index contributed by atoms with van der Waals surface area (Å²) in [5.74, 6) is -0.383. The van der Waals surface area contributed by atoms with Gasteiger partial charge >= 0.3 is 0 Å². The first-order valence-corrected chi connectivity index (χ1v) is 12.3. The molecule has 3 atom stereocenters. The maximum Gasteiger partial charge on any atom is 0.254 e. The van der Waals surface area contributed by atoms with Crippen LogP contribution in [-0.2, 0) is 16.6 Å². The molecule has 0 spiro atoms. The largest absolute Gasteiger partial charge is 0.383 e. The summed E-state index contributed by atoms with van der Waals surface area (Å²) in [7, 11) is 3.67. The molecule has 3 aromatic rings. The van der Waals surface area contributed by atoms with Crippen molar-refractivity contribution in [1.29, 1.82) is 0 Å². The molecule has 0 bridgehead atoms. The van der Waals surface area contributed by atoms with Gasteiger partial charge in [0.2, 0.25) is 5.91 Å². The topological polar surface area (TPSA) is 54.8 Å². The Morgan fingerprint density at radius 2 is 1.82 bits per heavy atom. The first-order valence-electron chi connectivity index (χ1n) is 12.3. The van der Waals surface area contributed by atoms with Gasteiger partial charge in [0, 0.05) is 61.5 Å². The summed E-state index contributed by atoms with van der Waals surface area (Å²) in [6.45, 7) is 3.76. The summed E-state index contributed by atoms with van der Waals surface area (Å²) in [4.78, 5) is 32.0. The summed E-state index contributed by atoms with van der Waals surface area (Å²) in [6.07, 6.45) is 5.29. The number of rotatable bonds is 5. The number of para-hydroxylation sites is 1. The third-order valence-electron chi connectivity index (χ3n) is 7.57. The van der Waals surface area contributed by atoms with Gasteiger partial charge in [-0.15, -0.1) is 0 Å². The van der Waals surface area contributed by atoms with Crippen molar-refractivity contribution in [2.75, 3.05) is 26.8 Å². The molecule has 2 amide bonds. The third-order valence-corrected chi connectivity index (χ3v) is 7.57. The van der Waals surface area contributed by atoms with Gasteiger partial charge in [0.1, 0.15) is 0 Å². The van der Waals surface area contributed by atoms with Crippen LogP contribution in [0.1, 0.15) is 59.6 Å². The zero-order chi connectivity index (χ0) is 23.8. The highest BCUT2D eigenvalue weighted by atomic mass is 16.5. The summed E-state index contributed by atoms with van der Waals surface area (Å²) in [5.41, 5.74) is 3.56. The average Bonchev–Trinajstić information content (AvgIpc) is 3.19. The SMILES string of the molecule is COCCN1C(=O)c2ccccc2[C@H](C(=O)N2CCCC[C@H]2C)[C@@H]1c1cn(C)c2ccccc12. The number of aryl methyl sites for hydroxylation is 1. The molecule has 3 heterocycles. The molecule has 1 saturated heterocycles. The van der Waals surface area contributed by atoms with Gasteiger partial charge in [-0.2, -0.15) is 0 Å². The zero-order valence-electron chi connectivity index (χ0n) is 20.2. The Labute approximate surface area is 201 Å². The Bertz CT molecular complexity index is 1220. The van der Waals surface area contributed by atoms with Crippen LogP contribution in [0, 0.1) is 0 Å². The fraction of sp³-hybridized carbons (Fsp3) is 0.429. The number of piperidine rings is 1. The molecular formula is C28H33N3O3. The van der Waals surface area contributed by atoms with Gasteiger partial charge in [0.25, 0.3) is 5.91 Å². The molecule has 2 aliphatic heterocycles. The minimum absolute atomic E-state index is 0.0404. The van der Waals surface area contributed by atoms with Crippen molar-refractivity contribution in [2.24, 2.45) is 7.05 Å². The number of benzene rings is 2. The molecule has 5 rings (SSSR count). The summed E-state index contributed by atoms with van der Waals surface area (Å²) >= 11 is 0. The van der Waals surface area contributed by atoms with Gasteiger partial charge in [-0.25, -0.2) is 0 Å². The van der Waals surface area contributed by atoms with Gasteiger partial charge in [-0.1, -0.05) is 36.4 Å². The first kappa shape index (κ1) is 22.7. The lowest BCUT2D eigenvalue weighted by molar-refractivity contribution is -0.138. The van der Waals surface area contributed by atoms with Crippen LogP contribution in [0.25, 0.3) is 10.9 Å². The monoisotopic (exact) mass is 459 g/mol. The Hall–Kier alpha value is -3.12. The number of carbonyl (C=O) groups excluding carboxylic acids is 2. The lowest BCUT2D eigenvalue weighted by atomic mass is 9.78. The number of ether oxygens (including phenoxy) is 1. The number of fused-ring (bicyclic) bond motifs is 2. The van der Waals surface area contributed by atoms with Crippen molar-refractivity contribution < 1.29 is 14.3 Å². The Balaban J connectivity index is 1.72. The van der Waals surface area contributed by atoms with Crippen molar-refractivity contribution >= 4 is 22.7 Å². The first-order chi connectivity index (χ1) is 16.5. The van der Waals surface area contributed by atoms with Crippen molar-refractivity contribution in [2.45, 2.75) is 44.2 Å². The Morgan fingerprint density at radius 1 is 1.06 bits per heavy atom. The van der Waals surface area contributed by atoms with E-state index < -0.39 is 12.0 Å². The number of hydrogen-bond acceptors (Lipinski definition) is 3. The minimum atomic E-state index is -0.461. The molecule has 0 unspecified atom stereocenters. The molecule has 1 aromatic heterocycles. The van der Waals surface area contributed by atoms with Gasteiger partial charge in [-0.3, -0.25) is 9.59 Å². The van der Waals surface area contributed by atoms with Crippen LogP contribution in [0.5, 0.6) is 0 Å². The highest BCUT2D eigenvalue weighted by Gasteiger charge is 2.46. The molecule has 6 nitrogen and oxygen atoms in total. The lowest BCUT2D eigenvalue weighted by Gasteiger charge is -2.44. The molecule has 0 saturated carbocycles. The molecule has 1 fully saturated rings. The summed E-state index contributed by atoms with van der Waals surface area (Å²) in [6, 6.07) is 15.7. The van der Waals surface area contributed by atoms with Crippen LogP contribution in [0.2, 0.25) is 0 Å². The van der Waals surface area contributed by atoms with Crippen molar-refractivity contribution in [3.05, 3.63) is 71.4 Å². The molecule has 0 N–H and O–H groups in total. The van der Waals surface area contributed by atoms with Crippen molar-refractivity contribution in [3.8, 4) is 0 Å². The van der Waals surface area contributed by atoms with E-state index >= 15 is 0 Å².